The van der Waals surface area contributed by atoms with Gasteiger partial charge in [-0.15, -0.1) is 0 Å². The molecule has 0 spiro atoms. The second-order valence-corrected chi connectivity index (χ2v) is 8.73. The summed E-state index contributed by atoms with van der Waals surface area (Å²) in [5.74, 6) is -2.53. The van der Waals surface area contributed by atoms with Crippen LogP contribution in [-0.4, -0.2) is 44.1 Å². The summed E-state index contributed by atoms with van der Waals surface area (Å²) in [5, 5.41) is 20.4. The number of aromatic amines is 1. The first kappa shape index (κ1) is 23.2. The van der Waals surface area contributed by atoms with Gasteiger partial charge < -0.3 is 21.3 Å². The minimum atomic E-state index is -1.28. The molecule has 0 aliphatic heterocycles. The number of aryl methyl sites for hydroxylation is 1. The van der Waals surface area contributed by atoms with E-state index in [0.29, 0.717) is 5.56 Å². The fourth-order valence-corrected chi connectivity index (χ4v) is 4.82. The number of carboxylic acids is 2. The Balaban J connectivity index is 1.40. The summed E-state index contributed by atoms with van der Waals surface area (Å²) in [7, 11) is 0. The van der Waals surface area contributed by atoms with Crippen LogP contribution in [0.2, 0.25) is 0 Å². The largest absolute Gasteiger partial charge is 0.481 e. The van der Waals surface area contributed by atoms with Crippen LogP contribution in [0.4, 0.5) is 5.95 Å². The van der Waals surface area contributed by atoms with Crippen LogP contribution in [-0.2, 0) is 16.0 Å². The third-order valence-corrected chi connectivity index (χ3v) is 6.52. The van der Waals surface area contributed by atoms with Crippen molar-refractivity contribution in [1.29, 1.82) is 0 Å². The highest BCUT2D eigenvalue weighted by atomic mass is 16.4. The van der Waals surface area contributed by atoms with Gasteiger partial charge in [0.1, 0.15) is 6.04 Å². The summed E-state index contributed by atoms with van der Waals surface area (Å²) >= 11 is 0. The zero-order valence-electron chi connectivity index (χ0n) is 18.4. The number of amides is 1. The molecule has 1 amide bonds. The van der Waals surface area contributed by atoms with Crippen LogP contribution in [0.25, 0.3) is 6.08 Å². The Hall–Kier alpha value is -3.95. The molecule has 2 aliphatic carbocycles. The number of fused-ring (bicyclic) bond motifs is 2. The van der Waals surface area contributed by atoms with E-state index in [1.165, 1.54) is 0 Å². The van der Waals surface area contributed by atoms with Gasteiger partial charge in [-0.3, -0.25) is 19.4 Å². The van der Waals surface area contributed by atoms with Crippen molar-refractivity contribution in [3.8, 4) is 0 Å². The van der Waals surface area contributed by atoms with Crippen LogP contribution in [0, 0.1) is 0 Å². The summed E-state index contributed by atoms with van der Waals surface area (Å²) in [4.78, 5) is 53.8. The van der Waals surface area contributed by atoms with E-state index in [2.05, 4.69) is 21.4 Å². The van der Waals surface area contributed by atoms with Crippen molar-refractivity contribution in [2.45, 2.75) is 56.4 Å². The maximum atomic E-state index is 12.6. The van der Waals surface area contributed by atoms with Gasteiger partial charge >= 0.3 is 11.9 Å². The van der Waals surface area contributed by atoms with E-state index in [1.807, 2.05) is 12.1 Å². The number of nitrogen functional groups attached to an aromatic ring is 1. The minimum absolute atomic E-state index is 0.133. The van der Waals surface area contributed by atoms with Gasteiger partial charge in [-0.25, -0.2) is 9.78 Å². The zero-order valence-corrected chi connectivity index (χ0v) is 18.4. The first-order chi connectivity index (χ1) is 16.2. The number of hydrogen-bond donors (Lipinski definition) is 5. The predicted octanol–water partition coefficient (Wildman–Crippen LogP) is 2.02. The van der Waals surface area contributed by atoms with Gasteiger partial charge in [-0.05, 0) is 61.3 Å². The van der Waals surface area contributed by atoms with Gasteiger partial charge in [0, 0.05) is 23.5 Å². The highest BCUT2D eigenvalue weighted by molar-refractivity contribution is 5.97. The number of aliphatic carboxylic acids is 2. The molecule has 2 aliphatic rings. The molecule has 4 rings (SSSR count). The average Bonchev–Trinajstić information content (AvgIpc) is 3.38. The fraction of sp³-hybridized carbons (Fsp3) is 0.375. The Morgan fingerprint density at radius 2 is 2.03 bits per heavy atom. The van der Waals surface area contributed by atoms with Crippen molar-refractivity contribution in [1.82, 2.24) is 15.3 Å². The molecule has 2 aromatic rings. The molecule has 1 aromatic carbocycles. The van der Waals surface area contributed by atoms with E-state index in [-0.39, 0.29) is 36.2 Å². The summed E-state index contributed by atoms with van der Waals surface area (Å²) in [6.07, 6.45) is 6.72. The van der Waals surface area contributed by atoms with E-state index in [1.54, 1.807) is 12.1 Å². The summed E-state index contributed by atoms with van der Waals surface area (Å²) < 4.78 is 0. The van der Waals surface area contributed by atoms with Crippen molar-refractivity contribution in [2.24, 2.45) is 0 Å². The Kier molecular flexibility index (Phi) is 6.49. The molecule has 10 nitrogen and oxygen atoms in total. The molecule has 0 radical (unpaired) electrons. The topological polar surface area (TPSA) is 175 Å². The lowest BCUT2D eigenvalue weighted by atomic mass is 9.89. The maximum absolute atomic E-state index is 12.6. The van der Waals surface area contributed by atoms with Gasteiger partial charge in [0.15, 0.2) is 0 Å². The molecular formula is C24H26N4O6. The minimum Gasteiger partial charge on any atom is -0.481 e. The maximum Gasteiger partial charge on any atom is 0.326 e. The van der Waals surface area contributed by atoms with Crippen molar-refractivity contribution in [3.63, 3.8) is 0 Å². The summed E-state index contributed by atoms with van der Waals surface area (Å²) in [6.45, 7) is 0. The summed E-state index contributed by atoms with van der Waals surface area (Å²) in [5.41, 5.74) is 9.27. The molecule has 10 heteroatoms. The van der Waals surface area contributed by atoms with Crippen LogP contribution >= 0.6 is 0 Å². The Labute approximate surface area is 194 Å². The molecular weight excluding hydrogens is 440 g/mol. The Morgan fingerprint density at radius 1 is 1.24 bits per heavy atom. The molecule has 34 heavy (non-hydrogen) atoms. The summed E-state index contributed by atoms with van der Waals surface area (Å²) in [6, 6.07) is 3.94. The molecule has 3 atom stereocenters. The molecule has 0 saturated heterocycles. The number of allylic oxidation sites excluding steroid dienone is 1. The standard InChI is InChI=1S/C24H26N4O6/c25-24-27-17-8-6-13(20(17)22(32)28-24)3-1-12-2-4-14-11-15(5-7-16(12)14)21(31)26-18(23(33)34)9-10-19(29)30/h2,4-5,7,11-13,18H,1,3,6,8-10H2,(H,26,31)(H,29,30)(H,33,34)(H3,25,27,28,32)/t12?,13?,18-/m0/s1. The molecule has 2 unspecified atom stereocenters. The van der Waals surface area contributed by atoms with Crippen LogP contribution in [0.3, 0.4) is 0 Å². The molecule has 6 N–H and O–H groups in total. The number of nitrogens with one attached hydrogen (secondary N) is 2. The van der Waals surface area contributed by atoms with Crippen LogP contribution in [0.5, 0.6) is 0 Å². The van der Waals surface area contributed by atoms with Crippen molar-refractivity contribution < 1.29 is 24.6 Å². The number of nitrogens with zero attached hydrogens (tertiary/aromatic N) is 1. The predicted molar refractivity (Wildman–Crippen MR) is 124 cm³/mol. The first-order valence-corrected chi connectivity index (χ1v) is 11.2. The fourth-order valence-electron chi connectivity index (χ4n) is 4.82. The number of H-pyrrole nitrogens is 1. The number of anilines is 1. The van der Waals surface area contributed by atoms with Gasteiger partial charge in [-0.2, -0.15) is 0 Å². The Bertz CT molecular complexity index is 1230. The van der Waals surface area contributed by atoms with Crippen molar-refractivity contribution in [3.05, 3.63) is 62.6 Å². The van der Waals surface area contributed by atoms with E-state index in [9.17, 15) is 24.3 Å². The van der Waals surface area contributed by atoms with Crippen molar-refractivity contribution in [2.75, 3.05) is 5.73 Å². The van der Waals surface area contributed by atoms with Crippen LogP contribution in [0.1, 0.15) is 76.7 Å². The number of aromatic nitrogens is 2. The molecule has 178 valence electrons. The molecule has 0 bridgehead atoms. The first-order valence-electron chi connectivity index (χ1n) is 11.2. The second kappa shape index (κ2) is 9.50. The van der Waals surface area contributed by atoms with Gasteiger partial charge in [0.25, 0.3) is 11.5 Å². The second-order valence-electron chi connectivity index (χ2n) is 8.73. The normalized spacial score (nSPS) is 18.8. The molecule has 0 saturated carbocycles. The van der Waals surface area contributed by atoms with E-state index in [0.717, 1.165) is 48.1 Å². The lowest BCUT2D eigenvalue weighted by molar-refractivity contribution is -0.140. The number of benzene rings is 1. The van der Waals surface area contributed by atoms with Gasteiger partial charge in [-0.1, -0.05) is 18.2 Å². The third-order valence-electron chi connectivity index (χ3n) is 6.52. The lowest BCUT2D eigenvalue weighted by Gasteiger charge is -2.16. The SMILES string of the molecule is Nc1nc2c(c(=O)[nH]1)C(CCC1C=Cc3cc(C(=O)N[C@@H](CCC(=O)O)C(=O)O)ccc31)CC2. The Morgan fingerprint density at radius 3 is 2.76 bits per heavy atom. The average molecular weight is 466 g/mol. The van der Waals surface area contributed by atoms with Gasteiger partial charge in [0.2, 0.25) is 5.95 Å². The monoisotopic (exact) mass is 466 g/mol. The number of hydrogen-bond acceptors (Lipinski definition) is 6. The van der Waals surface area contributed by atoms with E-state index < -0.39 is 23.9 Å². The zero-order chi connectivity index (χ0) is 24.4. The third kappa shape index (κ3) is 4.85. The number of rotatable bonds is 9. The number of carboxylic acid groups (broad SMARTS) is 2. The van der Waals surface area contributed by atoms with E-state index >= 15 is 0 Å². The van der Waals surface area contributed by atoms with Crippen LogP contribution in [0.15, 0.2) is 29.1 Å². The van der Waals surface area contributed by atoms with Crippen molar-refractivity contribution >= 4 is 29.9 Å². The van der Waals surface area contributed by atoms with Crippen LogP contribution < -0.4 is 16.6 Å². The number of carbonyl (C=O) groups excluding carboxylic acids is 1. The molecule has 1 aromatic heterocycles. The number of nitrogens with two attached hydrogens (primary N) is 1. The quantitative estimate of drug-likeness (QED) is 0.373. The highest BCUT2D eigenvalue weighted by Crippen LogP contribution is 2.39. The van der Waals surface area contributed by atoms with Gasteiger partial charge in [0.05, 0.1) is 5.69 Å². The smallest absolute Gasteiger partial charge is 0.326 e. The van der Waals surface area contributed by atoms with E-state index in [4.69, 9.17) is 10.8 Å². The molecule has 0 fully saturated rings. The number of carbonyl (C=O) groups is 3. The lowest BCUT2D eigenvalue weighted by Crippen LogP contribution is -2.41. The highest BCUT2D eigenvalue weighted by Gasteiger charge is 2.29. The molecule has 1 heterocycles.